The number of carbonyl (C=O) groups is 1. The fourth-order valence-corrected chi connectivity index (χ4v) is 6.57. The van der Waals surface area contributed by atoms with Crippen LogP contribution >= 0.6 is 0 Å². The van der Waals surface area contributed by atoms with E-state index in [0.29, 0.717) is 17.0 Å². The first kappa shape index (κ1) is 32.2. The molecule has 2 fully saturated rings. The Morgan fingerprint density at radius 3 is 2.20 bits per heavy atom. The summed E-state index contributed by atoms with van der Waals surface area (Å²) in [4.78, 5) is 33.3. The monoisotopic (exact) mass is 626 g/mol. The Kier molecular flexibility index (Phi) is 10.3. The maximum absolute atomic E-state index is 14.0. The Labute approximate surface area is 273 Å². The number of nitrogens with zero attached hydrogens (tertiary/aromatic N) is 8. The zero-order chi connectivity index (χ0) is 32.0. The van der Waals surface area contributed by atoms with Crippen molar-refractivity contribution in [2.45, 2.75) is 53.0 Å². The third-order valence-corrected chi connectivity index (χ3v) is 9.46. The number of hydrogen-bond acceptors (Lipinski definition) is 8. The highest BCUT2D eigenvalue weighted by atomic mass is 16.2. The van der Waals surface area contributed by atoms with Crippen LogP contribution in [0.15, 0.2) is 42.7 Å². The number of aromatic nitrogens is 5. The van der Waals surface area contributed by atoms with E-state index in [-0.39, 0.29) is 11.9 Å². The van der Waals surface area contributed by atoms with E-state index in [2.05, 4.69) is 55.1 Å². The first-order valence-electron chi connectivity index (χ1n) is 17.1. The average molecular weight is 627 g/mol. The third kappa shape index (κ3) is 7.59. The molecule has 0 unspecified atom stereocenters. The van der Waals surface area contributed by atoms with Gasteiger partial charge in [0, 0.05) is 81.9 Å². The molecule has 6 rings (SSSR count). The first-order valence-corrected chi connectivity index (χ1v) is 17.1. The molecule has 1 amide bonds. The van der Waals surface area contributed by atoms with E-state index < -0.39 is 0 Å². The molecule has 0 spiro atoms. The Hall–Kier alpha value is -3.80. The number of H-pyrrole nitrogens is 1. The molecule has 0 aromatic carbocycles. The molecular formula is C35H50N10O. The fourth-order valence-electron chi connectivity index (χ4n) is 6.57. The van der Waals surface area contributed by atoms with Gasteiger partial charge in [-0.3, -0.25) is 24.3 Å². The van der Waals surface area contributed by atoms with Gasteiger partial charge in [0.2, 0.25) is 0 Å². The van der Waals surface area contributed by atoms with Crippen LogP contribution in [0.3, 0.4) is 0 Å². The normalized spacial score (nSPS) is 17.5. The van der Waals surface area contributed by atoms with Crippen molar-refractivity contribution in [3.05, 3.63) is 65.2 Å². The highest BCUT2D eigenvalue weighted by Gasteiger charge is 2.26. The summed E-state index contributed by atoms with van der Waals surface area (Å²) in [6, 6.07) is 10.0. The molecule has 46 heavy (non-hydrogen) atoms. The zero-order valence-corrected chi connectivity index (χ0v) is 28.0. The van der Waals surface area contributed by atoms with Crippen LogP contribution in [0.25, 0.3) is 16.9 Å². The van der Waals surface area contributed by atoms with E-state index in [4.69, 9.17) is 4.98 Å². The molecule has 2 saturated heterocycles. The summed E-state index contributed by atoms with van der Waals surface area (Å²) in [5.74, 6) is 1.49. The molecular weight excluding hydrogens is 576 g/mol. The fraction of sp³-hybridized carbons (Fsp3) is 0.543. The number of pyridine rings is 2. The number of carbonyl (C=O) groups excluding carboxylic acids is 1. The lowest BCUT2D eigenvalue weighted by atomic mass is 10.1. The smallest absolute Gasteiger partial charge is 0.256 e. The molecule has 11 heteroatoms. The summed E-state index contributed by atoms with van der Waals surface area (Å²) >= 11 is 0. The van der Waals surface area contributed by atoms with E-state index in [0.717, 1.165) is 67.4 Å². The summed E-state index contributed by atoms with van der Waals surface area (Å²) in [5.41, 5.74) is 4.39. The summed E-state index contributed by atoms with van der Waals surface area (Å²) in [6.45, 7) is 19.9. The molecule has 246 valence electrons. The van der Waals surface area contributed by atoms with Crippen LogP contribution < -0.4 is 5.32 Å². The lowest BCUT2D eigenvalue weighted by Crippen LogP contribution is -2.50. The second-order valence-corrected chi connectivity index (χ2v) is 13.0. The first-order chi connectivity index (χ1) is 22.4. The Morgan fingerprint density at radius 1 is 0.913 bits per heavy atom. The summed E-state index contributed by atoms with van der Waals surface area (Å²) < 4.78 is 1.92. The molecule has 2 N–H and O–H groups in total. The number of amides is 1. The zero-order valence-electron chi connectivity index (χ0n) is 28.0. The minimum atomic E-state index is -0.0280. The molecule has 0 saturated carbocycles. The van der Waals surface area contributed by atoms with Crippen molar-refractivity contribution in [1.82, 2.24) is 44.3 Å². The third-order valence-electron chi connectivity index (χ3n) is 9.46. The van der Waals surface area contributed by atoms with Gasteiger partial charge in [-0.2, -0.15) is 5.10 Å². The van der Waals surface area contributed by atoms with Crippen LogP contribution in [-0.4, -0.2) is 122 Å². The number of nitrogens with one attached hydrogen (secondary N) is 2. The van der Waals surface area contributed by atoms with E-state index in [9.17, 15) is 4.79 Å². The maximum Gasteiger partial charge on any atom is 0.256 e. The SMILES string of the molecule is CCCCN1CCN(CCCN2CCN(C(=O)c3cn(-c4cc(C)[nH]n4)c4nc(N[C@@H](C)c5ccc(C)cn5)ccc34)CC2)CC1. The van der Waals surface area contributed by atoms with Crippen LogP contribution in [0, 0.1) is 13.8 Å². The quantitative estimate of drug-likeness (QED) is 0.237. The number of aromatic amines is 1. The molecule has 0 aliphatic carbocycles. The summed E-state index contributed by atoms with van der Waals surface area (Å²) in [7, 11) is 0. The molecule has 4 aromatic heterocycles. The highest BCUT2D eigenvalue weighted by Crippen LogP contribution is 2.28. The van der Waals surface area contributed by atoms with Gasteiger partial charge >= 0.3 is 0 Å². The number of unbranched alkanes of at least 4 members (excludes halogenated alkanes) is 1. The number of rotatable bonds is 12. The number of hydrogen-bond donors (Lipinski definition) is 2. The minimum Gasteiger partial charge on any atom is -0.362 e. The van der Waals surface area contributed by atoms with E-state index in [1.165, 1.54) is 52.0 Å². The van der Waals surface area contributed by atoms with Crippen LogP contribution in [0.2, 0.25) is 0 Å². The van der Waals surface area contributed by atoms with Gasteiger partial charge in [0.15, 0.2) is 5.82 Å². The Balaban J connectivity index is 1.08. The van der Waals surface area contributed by atoms with Gasteiger partial charge < -0.3 is 20.0 Å². The van der Waals surface area contributed by atoms with Crippen molar-refractivity contribution in [3.8, 4) is 5.82 Å². The largest absolute Gasteiger partial charge is 0.362 e. The van der Waals surface area contributed by atoms with Gasteiger partial charge in [-0.1, -0.05) is 19.4 Å². The predicted molar refractivity (Wildman–Crippen MR) is 184 cm³/mol. The predicted octanol–water partition coefficient (Wildman–Crippen LogP) is 4.50. The van der Waals surface area contributed by atoms with E-state index >= 15 is 0 Å². The highest BCUT2D eigenvalue weighted by molar-refractivity contribution is 6.06. The summed E-state index contributed by atoms with van der Waals surface area (Å²) in [5, 5.41) is 11.8. The molecule has 11 nitrogen and oxygen atoms in total. The molecule has 1 atom stereocenters. The Morgan fingerprint density at radius 2 is 1.59 bits per heavy atom. The Bertz CT molecular complexity index is 1580. The van der Waals surface area contributed by atoms with Gasteiger partial charge in [-0.05, 0) is 77.0 Å². The molecule has 6 heterocycles. The standard InChI is InChI=1S/C35H50N10O/c1-5-6-12-41-15-17-42(18-16-41)13-7-14-43-19-21-44(22-20-43)35(46)30-25-45(33-23-27(3)39-40-33)34-29(30)9-11-32(38-34)37-28(4)31-10-8-26(2)24-36-31/h8-11,23-25,28H,5-7,12-22H2,1-4H3,(H,37,38)(H,39,40)/t28-/m0/s1. The number of piperazine rings is 2. The molecule has 0 radical (unpaired) electrons. The van der Waals surface area contributed by atoms with Crippen molar-refractivity contribution >= 4 is 22.8 Å². The molecule has 4 aromatic rings. The van der Waals surface area contributed by atoms with Crippen LogP contribution in [-0.2, 0) is 0 Å². The van der Waals surface area contributed by atoms with E-state index in [1.54, 1.807) is 0 Å². The molecule has 0 bridgehead atoms. The van der Waals surface area contributed by atoms with Gasteiger partial charge in [0.25, 0.3) is 5.91 Å². The topological polar surface area (TPSA) is 101 Å². The van der Waals surface area contributed by atoms with Gasteiger partial charge in [-0.25, -0.2) is 4.98 Å². The van der Waals surface area contributed by atoms with Crippen molar-refractivity contribution in [1.29, 1.82) is 0 Å². The number of aryl methyl sites for hydroxylation is 2. The minimum absolute atomic E-state index is 0.0280. The number of fused-ring (bicyclic) bond motifs is 1. The van der Waals surface area contributed by atoms with Crippen molar-refractivity contribution in [2.24, 2.45) is 0 Å². The lowest BCUT2D eigenvalue weighted by molar-refractivity contribution is 0.0628. The lowest BCUT2D eigenvalue weighted by Gasteiger charge is -2.36. The second-order valence-electron chi connectivity index (χ2n) is 13.0. The maximum atomic E-state index is 14.0. The van der Waals surface area contributed by atoms with Crippen molar-refractivity contribution < 1.29 is 4.79 Å². The van der Waals surface area contributed by atoms with Crippen molar-refractivity contribution in [2.75, 3.05) is 77.3 Å². The van der Waals surface area contributed by atoms with Crippen LogP contribution in [0.1, 0.15) is 66.5 Å². The van der Waals surface area contributed by atoms with Gasteiger partial charge in [0.1, 0.15) is 11.5 Å². The second kappa shape index (κ2) is 14.7. The van der Waals surface area contributed by atoms with Gasteiger partial charge in [-0.15, -0.1) is 0 Å². The molecule has 2 aliphatic heterocycles. The van der Waals surface area contributed by atoms with Crippen molar-refractivity contribution in [3.63, 3.8) is 0 Å². The molecule has 2 aliphatic rings. The average Bonchev–Trinajstić information content (AvgIpc) is 3.67. The van der Waals surface area contributed by atoms with Crippen LogP contribution in [0.5, 0.6) is 0 Å². The summed E-state index contributed by atoms with van der Waals surface area (Å²) in [6.07, 6.45) is 7.54. The van der Waals surface area contributed by atoms with E-state index in [1.807, 2.05) is 60.0 Å². The van der Waals surface area contributed by atoms with Gasteiger partial charge in [0.05, 0.1) is 17.3 Å². The van der Waals surface area contributed by atoms with Crippen LogP contribution in [0.4, 0.5) is 5.82 Å². The number of anilines is 1.